The minimum atomic E-state index is -0.408. The topological polar surface area (TPSA) is 56.4 Å². The van der Waals surface area contributed by atoms with Crippen molar-refractivity contribution in [2.45, 2.75) is 38.3 Å². The van der Waals surface area contributed by atoms with Crippen LogP contribution in [0.5, 0.6) is 0 Å². The summed E-state index contributed by atoms with van der Waals surface area (Å²) >= 11 is 0. The number of unbranched alkanes of at least 4 members (excludes halogenated alkanes) is 1. The lowest BCUT2D eigenvalue weighted by Gasteiger charge is -2.45. The second-order valence-electron chi connectivity index (χ2n) is 6.94. The number of para-hydroxylation sites is 1. The molecule has 5 nitrogen and oxygen atoms in total. The van der Waals surface area contributed by atoms with Gasteiger partial charge in [0.15, 0.2) is 0 Å². The van der Waals surface area contributed by atoms with E-state index in [1.165, 1.54) is 5.56 Å². The van der Waals surface area contributed by atoms with E-state index in [9.17, 15) is 9.59 Å². The number of rotatable bonds is 3. The standard InChI is InChI=1S/C20H23N3O2/c1-3-4-5-10-16-19-14(13-8-6-7-9-15(13)21-19)11-17-20(25)22(2)12-18(24)23(16)17/h5-10,16-17,21H,3-4,11-12H2,1-2H3/t16-,17-/m1/s1. The molecular weight excluding hydrogens is 314 g/mol. The van der Waals surface area contributed by atoms with Crippen molar-refractivity contribution < 1.29 is 9.59 Å². The van der Waals surface area contributed by atoms with Crippen LogP contribution in [0.3, 0.4) is 0 Å². The van der Waals surface area contributed by atoms with E-state index in [1.807, 2.05) is 12.1 Å². The Labute approximate surface area is 147 Å². The van der Waals surface area contributed by atoms with Gasteiger partial charge in [-0.05, 0) is 18.1 Å². The third-order valence-electron chi connectivity index (χ3n) is 5.27. The zero-order valence-electron chi connectivity index (χ0n) is 14.7. The number of aromatic nitrogens is 1. The predicted molar refractivity (Wildman–Crippen MR) is 97.1 cm³/mol. The molecule has 2 aliphatic rings. The summed E-state index contributed by atoms with van der Waals surface area (Å²) < 4.78 is 0. The zero-order chi connectivity index (χ0) is 17.6. The van der Waals surface area contributed by atoms with Gasteiger partial charge in [0, 0.05) is 30.1 Å². The lowest BCUT2D eigenvalue weighted by Crippen LogP contribution is -2.61. The molecule has 25 heavy (non-hydrogen) atoms. The van der Waals surface area contributed by atoms with Crippen molar-refractivity contribution in [1.82, 2.24) is 14.8 Å². The Bertz CT molecular complexity index is 867. The van der Waals surface area contributed by atoms with Crippen molar-refractivity contribution in [1.29, 1.82) is 0 Å². The first-order valence-electron chi connectivity index (χ1n) is 8.94. The van der Waals surface area contributed by atoms with Crippen molar-refractivity contribution in [3.05, 3.63) is 47.7 Å². The molecule has 4 rings (SSSR count). The number of piperazine rings is 1. The Morgan fingerprint density at radius 2 is 2.08 bits per heavy atom. The molecule has 0 aliphatic carbocycles. The third-order valence-corrected chi connectivity index (χ3v) is 5.27. The van der Waals surface area contributed by atoms with Crippen LogP contribution in [-0.4, -0.2) is 46.2 Å². The summed E-state index contributed by atoms with van der Waals surface area (Å²) in [5.74, 6) is 0.0481. The molecule has 0 spiro atoms. The van der Waals surface area contributed by atoms with Gasteiger partial charge in [-0.1, -0.05) is 43.7 Å². The van der Waals surface area contributed by atoms with Crippen LogP contribution < -0.4 is 0 Å². The van der Waals surface area contributed by atoms with E-state index in [0.717, 1.165) is 29.4 Å². The second-order valence-corrected chi connectivity index (χ2v) is 6.94. The molecule has 0 radical (unpaired) electrons. The number of H-pyrrole nitrogens is 1. The third kappa shape index (κ3) is 2.46. The van der Waals surface area contributed by atoms with Crippen LogP contribution in [0.25, 0.3) is 10.9 Å². The number of carbonyl (C=O) groups is 2. The van der Waals surface area contributed by atoms with Crippen LogP contribution in [0.15, 0.2) is 36.4 Å². The van der Waals surface area contributed by atoms with E-state index in [4.69, 9.17) is 0 Å². The summed E-state index contributed by atoms with van der Waals surface area (Å²) in [7, 11) is 1.71. The number of carbonyl (C=O) groups excluding carboxylic acids is 2. The monoisotopic (exact) mass is 337 g/mol. The molecule has 2 atom stereocenters. The highest BCUT2D eigenvalue weighted by Crippen LogP contribution is 2.39. The van der Waals surface area contributed by atoms with Gasteiger partial charge in [-0.2, -0.15) is 0 Å². The molecule has 1 N–H and O–H groups in total. The molecule has 130 valence electrons. The fraction of sp³-hybridized carbons (Fsp3) is 0.400. The Hall–Kier alpha value is -2.56. The first kappa shape index (κ1) is 15.9. The van der Waals surface area contributed by atoms with E-state index in [1.54, 1.807) is 16.8 Å². The molecule has 1 saturated heterocycles. The molecular formula is C20H23N3O2. The van der Waals surface area contributed by atoms with Gasteiger partial charge in [0.25, 0.3) is 0 Å². The minimum Gasteiger partial charge on any atom is -0.356 e. The van der Waals surface area contributed by atoms with Crippen molar-refractivity contribution in [3.8, 4) is 0 Å². The van der Waals surface area contributed by atoms with E-state index in [-0.39, 0.29) is 24.4 Å². The van der Waals surface area contributed by atoms with E-state index >= 15 is 0 Å². The highest BCUT2D eigenvalue weighted by molar-refractivity contribution is 5.97. The number of hydrogen-bond donors (Lipinski definition) is 1. The quantitative estimate of drug-likeness (QED) is 0.876. The summed E-state index contributed by atoms with van der Waals surface area (Å²) in [6.45, 7) is 2.29. The van der Waals surface area contributed by atoms with Crippen LogP contribution in [-0.2, 0) is 16.0 Å². The smallest absolute Gasteiger partial charge is 0.245 e. The maximum atomic E-state index is 12.7. The summed E-state index contributed by atoms with van der Waals surface area (Å²) in [5.41, 5.74) is 3.28. The van der Waals surface area contributed by atoms with Crippen molar-refractivity contribution >= 4 is 22.7 Å². The van der Waals surface area contributed by atoms with Gasteiger partial charge in [-0.25, -0.2) is 0 Å². The molecule has 2 aliphatic heterocycles. The molecule has 1 aromatic heterocycles. The maximum absolute atomic E-state index is 12.7. The van der Waals surface area contributed by atoms with Gasteiger partial charge < -0.3 is 14.8 Å². The van der Waals surface area contributed by atoms with E-state index in [0.29, 0.717) is 6.42 Å². The zero-order valence-corrected chi connectivity index (χ0v) is 14.7. The molecule has 1 aromatic carbocycles. The van der Waals surface area contributed by atoms with Gasteiger partial charge in [0.05, 0.1) is 12.6 Å². The van der Waals surface area contributed by atoms with Crippen LogP contribution >= 0.6 is 0 Å². The Kier molecular flexibility index (Phi) is 3.86. The highest BCUT2D eigenvalue weighted by atomic mass is 16.2. The molecule has 2 amide bonds. The van der Waals surface area contributed by atoms with E-state index < -0.39 is 6.04 Å². The summed E-state index contributed by atoms with van der Waals surface area (Å²) in [4.78, 5) is 32.3. The molecule has 0 bridgehead atoms. The van der Waals surface area contributed by atoms with E-state index in [2.05, 4.69) is 36.2 Å². The van der Waals surface area contributed by atoms with Crippen LogP contribution in [0.1, 0.15) is 37.1 Å². The fourth-order valence-electron chi connectivity index (χ4n) is 4.05. The normalized spacial score (nSPS) is 23.4. The number of aromatic amines is 1. The van der Waals surface area contributed by atoms with Gasteiger partial charge in [0.1, 0.15) is 6.04 Å². The summed E-state index contributed by atoms with van der Waals surface area (Å²) in [5, 5.41) is 1.15. The minimum absolute atomic E-state index is 0.0163. The highest BCUT2D eigenvalue weighted by Gasteiger charge is 2.45. The Morgan fingerprint density at radius 3 is 2.88 bits per heavy atom. The fourth-order valence-corrected chi connectivity index (χ4v) is 4.05. The van der Waals surface area contributed by atoms with Gasteiger partial charge in [0.2, 0.25) is 11.8 Å². The average molecular weight is 337 g/mol. The SMILES string of the molecule is CCCC=C[C@@H]1c2[nH]c3ccccc3c2C[C@@H]2C(=O)N(C)CC(=O)N21. The summed E-state index contributed by atoms with van der Waals surface area (Å²) in [6.07, 6.45) is 6.81. The lowest BCUT2D eigenvalue weighted by molar-refractivity contribution is -0.157. The van der Waals surface area contributed by atoms with Crippen LogP contribution in [0, 0.1) is 0 Å². The van der Waals surface area contributed by atoms with Crippen molar-refractivity contribution in [2.24, 2.45) is 0 Å². The molecule has 3 heterocycles. The number of fused-ring (bicyclic) bond motifs is 4. The van der Waals surface area contributed by atoms with Gasteiger partial charge in [-0.3, -0.25) is 9.59 Å². The van der Waals surface area contributed by atoms with Crippen molar-refractivity contribution in [3.63, 3.8) is 0 Å². The molecule has 5 heteroatoms. The first-order valence-corrected chi connectivity index (χ1v) is 8.94. The summed E-state index contributed by atoms with van der Waals surface area (Å²) in [6, 6.07) is 7.56. The number of likely N-dealkylation sites (N-methyl/N-ethyl adjacent to an activating group) is 1. The second kappa shape index (κ2) is 6.06. The van der Waals surface area contributed by atoms with Crippen molar-refractivity contribution in [2.75, 3.05) is 13.6 Å². The largest absolute Gasteiger partial charge is 0.356 e. The predicted octanol–water partition coefficient (Wildman–Crippen LogP) is 2.79. The molecule has 0 saturated carbocycles. The number of allylic oxidation sites excluding steroid dienone is 1. The number of nitrogens with one attached hydrogen (secondary N) is 1. The lowest BCUT2D eigenvalue weighted by atomic mass is 9.89. The number of amides is 2. The van der Waals surface area contributed by atoms with Gasteiger partial charge in [-0.15, -0.1) is 0 Å². The number of benzene rings is 1. The Morgan fingerprint density at radius 1 is 1.28 bits per heavy atom. The van der Waals surface area contributed by atoms with Crippen LogP contribution in [0.2, 0.25) is 0 Å². The molecule has 0 unspecified atom stereocenters. The average Bonchev–Trinajstić information content (AvgIpc) is 2.98. The van der Waals surface area contributed by atoms with Crippen LogP contribution in [0.4, 0.5) is 0 Å². The molecule has 2 aromatic rings. The van der Waals surface area contributed by atoms with Gasteiger partial charge >= 0.3 is 0 Å². The number of hydrogen-bond acceptors (Lipinski definition) is 2. The number of nitrogens with zero attached hydrogens (tertiary/aromatic N) is 2. The first-order chi connectivity index (χ1) is 12.1. The molecule has 1 fully saturated rings. The maximum Gasteiger partial charge on any atom is 0.245 e. The Balaban J connectivity index is 1.87.